The molecule has 140 valence electrons. The Morgan fingerprint density at radius 3 is 2.54 bits per heavy atom. The molecule has 0 saturated carbocycles. The Bertz CT molecular complexity index is 905. The van der Waals surface area contributed by atoms with Crippen molar-refractivity contribution in [1.29, 1.82) is 0 Å². The molecular formula is C15H13ClF3N3O3S. The fourth-order valence-corrected chi connectivity index (χ4v) is 3.16. The van der Waals surface area contributed by atoms with Crippen LogP contribution in [0.5, 0.6) is 0 Å². The molecule has 1 heterocycles. The van der Waals surface area contributed by atoms with E-state index in [1.54, 1.807) is 6.07 Å². The lowest BCUT2D eigenvalue weighted by Crippen LogP contribution is -2.37. The molecule has 2 rings (SSSR count). The zero-order chi connectivity index (χ0) is 19.5. The normalized spacial score (nSPS) is 11.9. The van der Waals surface area contributed by atoms with Gasteiger partial charge in [0.2, 0.25) is 15.9 Å². The van der Waals surface area contributed by atoms with Crippen LogP contribution in [0.1, 0.15) is 5.56 Å². The van der Waals surface area contributed by atoms with Gasteiger partial charge in [-0.25, -0.2) is 8.42 Å². The number of hydrogen-bond donors (Lipinski definition) is 1. The van der Waals surface area contributed by atoms with E-state index in [-0.39, 0.29) is 5.02 Å². The number of sulfonamides is 1. The molecule has 0 fully saturated rings. The summed E-state index contributed by atoms with van der Waals surface area (Å²) in [5.74, 6) is -0.767. The first kappa shape index (κ1) is 20.0. The van der Waals surface area contributed by atoms with Gasteiger partial charge in [0.05, 0.1) is 34.4 Å². The van der Waals surface area contributed by atoms with Crippen LogP contribution in [0.15, 0.2) is 42.7 Å². The van der Waals surface area contributed by atoms with E-state index in [0.29, 0.717) is 16.1 Å². The molecule has 1 N–H and O–H groups in total. The van der Waals surface area contributed by atoms with Crippen molar-refractivity contribution in [3.63, 3.8) is 0 Å². The fraction of sp³-hybridized carbons (Fsp3) is 0.200. The van der Waals surface area contributed by atoms with Crippen molar-refractivity contribution in [1.82, 2.24) is 4.98 Å². The molecule has 0 spiro atoms. The van der Waals surface area contributed by atoms with Gasteiger partial charge in [-0.1, -0.05) is 11.6 Å². The third-order valence-electron chi connectivity index (χ3n) is 3.17. The van der Waals surface area contributed by atoms with E-state index in [1.807, 2.05) is 0 Å². The van der Waals surface area contributed by atoms with Gasteiger partial charge >= 0.3 is 6.18 Å². The maximum absolute atomic E-state index is 12.9. The quantitative estimate of drug-likeness (QED) is 0.825. The number of carbonyl (C=O) groups is 1. The topological polar surface area (TPSA) is 79.4 Å². The van der Waals surface area contributed by atoms with Crippen molar-refractivity contribution in [3.8, 4) is 0 Å². The van der Waals surface area contributed by atoms with Crippen LogP contribution in [0.4, 0.5) is 24.5 Å². The van der Waals surface area contributed by atoms with E-state index < -0.39 is 39.9 Å². The summed E-state index contributed by atoms with van der Waals surface area (Å²) in [6.07, 6.45) is -1.12. The molecular weight excluding hydrogens is 395 g/mol. The Labute approximate surface area is 152 Å². The average molecular weight is 408 g/mol. The Balaban J connectivity index is 2.36. The Kier molecular flexibility index (Phi) is 5.77. The average Bonchev–Trinajstić information content (AvgIpc) is 2.52. The predicted molar refractivity (Wildman–Crippen MR) is 91.5 cm³/mol. The van der Waals surface area contributed by atoms with Crippen molar-refractivity contribution in [3.05, 3.63) is 53.3 Å². The number of carbonyl (C=O) groups excluding carboxylic acids is 1. The first-order chi connectivity index (χ1) is 12.0. The van der Waals surface area contributed by atoms with Crippen LogP contribution in [0.2, 0.25) is 5.02 Å². The molecule has 0 saturated heterocycles. The maximum atomic E-state index is 12.9. The minimum Gasteiger partial charge on any atom is -0.323 e. The number of benzene rings is 1. The molecule has 0 radical (unpaired) electrons. The number of pyridine rings is 1. The Morgan fingerprint density at radius 2 is 2.00 bits per heavy atom. The zero-order valence-electron chi connectivity index (χ0n) is 13.3. The second kappa shape index (κ2) is 7.50. The van der Waals surface area contributed by atoms with Crippen LogP contribution in [0.3, 0.4) is 0 Å². The summed E-state index contributed by atoms with van der Waals surface area (Å²) in [6.45, 7) is -0.755. The number of halogens is 4. The number of aromatic nitrogens is 1. The monoisotopic (exact) mass is 407 g/mol. The highest BCUT2D eigenvalue weighted by Gasteiger charge is 2.33. The number of rotatable bonds is 5. The molecule has 0 aliphatic heterocycles. The van der Waals surface area contributed by atoms with Gasteiger partial charge in [0.15, 0.2) is 0 Å². The second-order valence-electron chi connectivity index (χ2n) is 5.22. The van der Waals surface area contributed by atoms with Gasteiger partial charge in [-0.05, 0) is 30.3 Å². The maximum Gasteiger partial charge on any atom is 0.416 e. The summed E-state index contributed by atoms with van der Waals surface area (Å²) in [7, 11) is -4.08. The number of anilines is 2. The van der Waals surface area contributed by atoms with Crippen molar-refractivity contribution in [2.24, 2.45) is 0 Å². The van der Waals surface area contributed by atoms with Gasteiger partial charge in [-0.2, -0.15) is 13.2 Å². The molecule has 0 unspecified atom stereocenters. The van der Waals surface area contributed by atoms with Crippen LogP contribution in [-0.2, 0) is 21.0 Å². The third kappa shape index (κ3) is 5.09. The number of nitrogens with zero attached hydrogens (tertiary/aromatic N) is 2. The highest BCUT2D eigenvalue weighted by Crippen LogP contribution is 2.36. The molecule has 2 aromatic rings. The largest absolute Gasteiger partial charge is 0.416 e. The van der Waals surface area contributed by atoms with E-state index >= 15 is 0 Å². The first-order valence-electron chi connectivity index (χ1n) is 7.03. The zero-order valence-corrected chi connectivity index (χ0v) is 14.9. The van der Waals surface area contributed by atoms with Gasteiger partial charge in [0.25, 0.3) is 0 Å². The molecule has 11 heteroatoms. The van der Waals surface area contributed by atoms with Crippen molar-refractivity contribution in [2.75, 3.05) is 22.4 Å². The van der Waals surface area contributed by atoms with E-state index in [1.165, 1.54) is 18.5 Å². The lowest BCUT2D eigenvalue weighted by Gasteiger charge is -2.24. The summed E-state index contributed by atoms with van der Waals surface area (Å²) in [6, 6.07) is 5.31. The lowest BCUT2D eigenvalue weighted by molar-refractivity contribution is -0.137. The molecule has 0 aliphatic rings. The molecule has 1 aromatic carbocycles. The predicted octanol–water partition coefficient (Wildman–Crippen LogP) is 3.16. The number of nitrogens with one attached hydrogen (secondary N) is 1. The van der Waals surface area contributed by atoms with Gasteiger partial charge in [-0.3, -0.25) is 14.1 Å². The Hall–Kier alpha value is -2.33. The molecule has 0 aliphatic carbocycles. The summed E-state index contributed by atoms with van der Waals surface area (Å²) in [5.41, 5.74) is -1.22. The van der Waals surface area contributed by atoms with Gasteiger partial charge in [-0.15, -0.1) is 0 Å². The van der Waals surface area contributed by atoms with Gasteiger partial charge < -0.3 is 5.32 Å². The number of amides is 1. The minimum absolute atomic E-state index is 0.238. The molecule has 6 nitrogen and oxygen atoms in total. The second-order valence-corrected chi connectivity index (χ2v) is 7.54. The van der Waals surface area contributed by atoms with E-state index in [4.69, 9.17) is 11.6 Å². The van der Waals surface area contributed by atoms with E-state index in [0.717, 1.165) is 18.4 Å². The van der Waals surface area contributed by atoms with Gasteiger partial charge in [0, 0.05) is 6.20 Å². The van der Waals surface area contributed by atoms with Crippen LogP contribution >= 0.6 is 11.6 Å². The number of alkyl halides is 3. The van der Waals surface area contributed by atoms with Crippen molar-refractivity contribution >= 4 is 38.9 Å². The SMILES string of the molecule is CS(=O)(=O)N(CC(=O)Nc1cccnc1)c1cc(C(F)(F)F)ccc1Cl. The molecule has 1 amide bonds. The van der Waals surface area contributed by atoms with Crippen molar-refractivity contribution in [2.45, 2.75) is 6.18 Å². The molecule has 26 heavy (non-hydrogen) atoms. The molecule has 0 bridgehead atoms. The van der Waals surface area contributed by atoms with E-state index in [2.05, 4.69) is 10.3 Å². The van der Waals surface area contributed by atoms with Crippen LogP contribution in [0.25, 0.3) is 0 Å². The van der Waals surface area contributed by atoms with E-state index in [9.17, 15) is 26.4 Å². The minimum atomic E-state index is -4.69. The van der Waals surface area contributed by atoms with Crippen molar-refractivity contribution < 1.29 is 26.4 Å². The van der Waals surface area contributed by atoms with Crippen LogP contribution in [0, 0.1) is 0 Å². The standard InChI is InChI=1S/C15H13ClF3N3O3S/c1-26(24,25)22(9-14(23)21-11-3-2-6-20-8-11)13-7-10(15(17,18)19)4-5-12(13)16/h2-8H,9H2,1H3,(H,21,23). The lowest BCUT2D eigenvalue weighted by atomic mass is 10.2. The summed E-state index contributed by atoms with van der Waals surface area (Å²) < 4.78 is 63.3. The first-order valence-corrected chi connectivity index (χ1v) is 9.25. The Morgan fingerprint density at radius 1 is 1.31 bits per heavy atom. The van der Waals surface area contributed by atoms with Crippen LogP contribution in [-0.4, -0.2) is 32.1 Å². The van der Waals surface area contributed by atoms with Crippen LogP contribution < -0.4 is 9.62 Å². The highest BCUT2D eigenvalue weighted by molar-refractivity contribution is 7.92. The third-order valence-corrected chi connectivity index (χ3v) is 4.62. The highest BCUT2D eigenvalue weighted by atomic mass is 35.5. The molecule has 0 atom stereocenters. The summed E-state index contributed by atoms with van der Waals surface area (Å²) in [5, 5.41) is 2.17. The smallest absolute Gasteiger partial charge is 0.323 e. The van der Waals surface area contributed by atoms with Gasteiger partial charge in [0.1, 0.15) is 6.54 Å². The fourth-order valence-electron chi connectivity index (χ4n) is 2.03. The number of hydrogen-bond acceptors (Lipinski definition) is 4. The molecule has 1 aromatic heterocycles. The summed E-state index contributed by atoms with van der Waals surface area (Å²) in [4.78, 5) is 15.9. The summed E-state index contributed by atoms with van der Waals surface area (Å²) >= 11 is 5.88.